The lowest BCUT2D eigenvalue weighted by Gasteiger charge is -2.26. The molecule has 1 N–H and O–H groups in total. The lowest BCUT2D eigenvalue weighted by Crippen LogP contribution is -2.28. The molecule has 1 atom stereocenters. The summed E-state index contributed by atoms with van der Waals surface area (Å²) in [6.07, 6.45) is 1.72. The summed E-state index contributed by atoms with van der Waals surface area (Å²) >= 11 is 0. The first-order valence-corrected chi connectivity index (χ1v) is 5.99. The number of likely N-dealkylation sites (tertiary alicyclic amines) is 1. The molecular weight excluding hydrogens is 240 g/mol. The van der Waals surface area contributed by atoms with Crippen LogP contribution in [0.15, 0.2) is 18.2 Å². The molecule has 0 aliphatic carbocycles. The zero-order chi connectivity index (χ0) is 13.1. The third kappa shape index (κ3) is 2.67. The van der Waals surface area contributed by atoms with Gasteiger partial charge in [-0.2, -0.15) is 0 Å². The normalized spacial score (nSPS) is 17.9. The molecule has 5 heteroatoms. The van der Waals surface area contributed by atoms with Gasteiger partial charge in [0.1, 0.15) is 0 Å². The Morgan fingerprint density at radius 3 is 2.61 bits per heavy atom. The van der Waals surface area contributed by atoms with Crippen molar-refractivity contribution in [3.8, 4) is 0 Å². The second-order valence-corrected chi connectivity index (χ2v) is 4.50. The van der Waals surface area contributed by atoms with Crippen LogP contribution in [0.4, 0.5) is 8.78 Å². The van der Waals surface area contributed by atoms with E-state index in [9.17, 15) is 13.6 Å². The molecule has 0 saturated carbocycles. The van der Waals surface area contributed by atoms with E-state index in [-0.39, 0.29) is 12.0 Å². The first-order valence-electron chi connectivity index (χ1n) is 5.99. The number of benzene rings is 1. The molecule has 2 rings (SSSR count). The molecule has 0 amide bonds. The van der Waals surface area contributed by atoms with Gasteiger partial charge in [0, 0.05) is 11.6 Å². The summed E-state index contributed by atoms with van der Waals surface area (Å²) in [6.45, 7) is 1.46. The maximum atomic E-state index is 13.8. The van der Waals surface area contributed by atoms with Crippen molar-refractivity contribution in [2.45, 2.75) is 25.3 Å². The van der Waals surface area contributed by atoms with Gasteiger partial charge in [-0.05, 0) is 32.0 Å². The van der Waals surface area contributed by atoms with E-state index in [4.69, 9.17) is 5.11 Å². The molecular formula is C13H15F2NO2. The Kier molecular flexibility index (Phi) is 3.91. The first-order chi connectivity index (χ1) is 8.59. The Morgan fingerprint density at radius 1 is 1.33 bits per heavy atom. The lowest BCUT2D eigenvalue weighted by atomic mass is 10.0. The third-order valence-electron chi connectivity index (χ3n) is 3.29. The summed E-state index contributed by atoms with van der Waals surface area (Å²) in [5.41, 5.74) is 0.138. The van der Waals surface area contributed by atoms with Gasteiger partial charge in [-0.1, -0.05) is 12.1 Å². The van der Waals surface area contributed by atoms with Crippen LogP contribution in [0.1, 0.15) is 30.9 Å². The van der Waals surface area contributed by atoms with Crippen molar-refractivity contribution < 1.29 is 18.7 Å². The zero-order valence-electron chi connectivity index (χ0n) is 9.90. The Balaban J connectivity index is 2.32. The van der Waals surface area contributed by atoms with Gasteiger partial charge in [-0.3, -0.25) is 9.69 Å². The van der Waals surface area contributed by atoms with Gasteiger partial charge < -0.3 is 5.11 Å². The number of hydrogen-bond donors (Lipinski definition) is 1. The summed E-state index contributed by atoms with van der Waals surface area (Å²) in [7, 11) is 0. The van der Waals surface area contributed by atoms with Gasteiger partial charge in [0.05, 0.1) is 6.42 Å². The summed E-state index contributed by atoms with van der Waals surface area (Å²) in [6, 6.07) is 3.34. The minimum atomic E-state index is -1.00. The number of nitrogens with zero attached hydrogens (tertiary/aromatic N) is 1. The average molecular weight is 255 g/mol. The SMILES string of the molecule is O=C(O)CC(c1cccc(F)c1F)N1CCCC1. The number of halogens is 2. The van der Waals surface area contributed by atoms with Crippen LogP contribution >= 0.6 is 0 Å². The van der Waals surface area contributed by atoms with Crippen LogP contribution in [0, 0.1) is 11.6 Å². The van der Waals surface area contributed by atoms with Gasteiger partial charge >= 0.3 is 5.97 Å². The van der Waals surface area contributed by atoms with Crippen molar-refractivity contribution in [1.82, 2.24) is 4.90 Å². The second kappa shape index (κ2) is 5.44. The van der Waals surface area contributed by atoms with Gasteiger partial charge in [0.2, 0.25) is 0 Å². The molecule has 1 saturated heterocycles. The topological polar surface area (TPSA) is 40.5 Å². The summed E-state index contributed by atoms with van der Waals surface area (Å²) in [4.78, 5) is 12.8. The van der Waals surface area contributed by atoms with E-state index in [1.54, 1.807) is 0 Å². The largest absolute Gasteiger partial charge is 0.481 e. The van der Waals surface area contributed by atoms with Crippen LogP contribution in [0.25, 0.3) is 0 Å². The Labute approximate surface area is 104 Å². The third-order valence-corrected chi connectivity index (χ3v) is 3.29. The molecule has 0 radical (unpaired) electrons. The van der Waals surface area contributed by atoms with Crippen molar-refractivity contribution in [1.29, 1.82) is 0 Å². The number of hydrogen-bond acceptors (Lipinski definition) is 2. The van der Waals surface area contributed by atoms with Gasteiger partial charge in [0.25, 0.3) is 0 Å². The van der Waals surface area contributed by atoms with E-state index in [2.05, 4.69) is 0 Å². The minimum absolute atomic E-state index is 0.138. The highest BCUT2D eigenvalue weighted by atomic mass is 19.2. The van der Waals surface area contributed by atoms with Crippen molar-refractivity contribution >= 4 is 5.97 Å². The fourth-order valence-electron chi connectivity index (χ4n) is 2.43. The van der Waals surface area contributed by atoms with Crippen LogP contribution < -0.4 is 0 Å². The molecule has 3 nitrogen and oxygen atoms in total. The number of carboxylic acid groups (broad SMARTS) is 1. The van der Waals surface area contributed by atoms with Gasteiger partial charge in [-0.15, -0.1) is 0 Å². The molecule has 1 aliphatic rings. The predicted octanol–water partition coefficient (Wildman–Crippen LogP) is 2.58. The fraction of sp³-hybridized carbons (Fsp3) is 0.462. The molecule has 98 valence electrons. The number of carbonyl (C=O) groups is 1. The molecule has 18 heavy (non-hydrogen) atoms. The van der Waals surface area contributed by atoms with Crippen molar-refractivity contribution in [2.24, 2.45) is 0 Å². The highest BCUT2D eigenvalue weighted by molar-refractivity contribution is 5.68. The number of rotatable bonds is 4. The highest BCUT2D eigenvalue weighted by Gasteiger charge is 2.28. The first kappa shape index (κ1) is 13.0. The van der Waals surface area contributed by atoms with Crippen molar-refractivity contribution in [2.75, 3.05) is 13.1 Å². The van der Waals surface area contributed by atoms with Crippen LogP contribution in [0.3, 0.4) is 0 Å². The zero-order valence-corrected chi connectivity index (χ0v) is 9.90. The smallest absolute Gasteiger partial charge is 0.305 e. The Hall–Kier alpha value is -1.49. The summed E-state index contributed by atoms with van der Waals surface area (Å²) in [5.74, 6) is -2.87. The molecule has 1 fully saturated rings. The minimum Gasteiger partial charge on any atom is -0.481 e. The van der Waals surface area contributed by atoms with Crippen LogP contribution in [0.5, 0.6) is 0 Å². The van der Waals surface area contributed by atoms with Crippen LogP contribution in [0.2, 0.25) is 0 Å². The quantitative estimate of drug-likeness (QED) is 0.899. The van der Waals surface area contributed by atoms with Crippen LogP contribution in [-0.2, 0) is 4.79 Å². The second-order valence-electron chi connectivity index (χ2n) is 4.50. The Bertz CT molecular complexity index is 445. The van der Waals surface area contributed by atoms with E-state index in [1.165, 1.54) is 12.1 Å². The number of aliphatic carboxylic acids is 1. The maximum absolute atomic E-state index is 13.8. The van der Waals surface area contributed by atoms with Crippen LogP contribution in [-0.4, -0.2) is 29.1 Å². The summed E-state index contributed by atoms with van der Waals surface area (Å²) < 4.78 is 27.0. The molecule has 0 spiro atoms. The Morgan fingerprint density at radius 2 is 2.00 bits per heavy atom. The van der Waals surface area contributed by atoms with Crippen molar-refractivity contribution in [3.05, 3.63) is 35.4 Å². The van der Waals surface area contributed by atoms with E-state index in [0.29, 0.717) is 0 Å². The molecule has 1 aliphatic heterocycles. The van der Waals surface area contributed by atoms with E-state index >= 15 is 0 Å². The molecule has 1 aromatic rings. The predicted molar refractivity (Wildman–Crippen MR) is 62.2 cm³/mol. The highest BCUT2D eigenvalue weighted by Crippen LogP contribution is 2.30. The monoisotopic (exact) mass is 255 g/mol. The number of carboxylic acids is 1. The fourth-order valence-corrected chi connectivity index (χ4v) is 2.43. The van der Waals surface area contributed by atoms with E-state index in [1.807, 2.05) is 4.90 Å². The average Bonchev–Trinajstić information content (AvgIpc) is 2.83. The lowest BCUT2D eigenvalue weighted by molar-refractivity contribution is -0.138. The maximum Gasteiger partial charge on any atom is 0.305 e. The van der Waals surface area contributed by atoms with Gasteiger partial charge in [0.15, 0.2) is 11.6 Å². The molecule has 0 bridgehead atoms. The van der Waals surface area contributed by atoms with E-state index < -0.39 is 23.6 Å². The standard InChI is InChI=1S/C13H15F2NO2/c14-10-5-3-4-9(13(10)15)11(8-12(17)18)16-6-1-2-7-16/h3-5,11H,1-2,6-8H2,(H,17,18). The molecule has 1 heterocycles. The summed E-state index contributed by atoms with van der Waals surface area (Å²) in [5, 5.41) is 8.92. The van der Waals surface area contributed by atoms with E-state index in [0.717, 1.165) is 32.0 Å². The van der Waals surface area contributed by atoms with Crippen molar-refractivity contribution in [3.63, 3.8) is 0 Å². The molecule has 0 aromatic heterocycles. The van der Waals surface area contributed by atoms with Gasteiger partial charge in [-0.25, -0.2) is 8.78 Å². The molecule has 1 unspecified atom stereocenters. The molecule has 1 aromatic carbocycles.